The van der Waals surface area contributed by atoms with Gasteiger partial charge in [0, 0.05) is 0 Å². The van der Waals surface area contributed by atoms with Crippen LogP contribution in [0.2, 0.25) is 0 Å². The number of allylic oxidation sites excluding steroid dienone is 1. The molecule has 1 nitrogen and oxygen atoms in total. The van der Waals surface area contributed by atoms with Crippen molar-refractivity contribution in [1.29, 1.82) is 0 Å². The van der Waals surface area contributed by atoms with Gasteiger partial charge in [0.05, 0.1) is 6.04 Å². The van der Waals surface area contributed by atoms with E-state index in [-0.39, 0.29) is 11.9 Å². The number of hydrogen-bond donors (Lipinski definition) is 1. The lowest BCUT2D eigenvalue weighted by Gasteiger charge is -2.24. The highest BCUT2D eigenvalue weighted by molar-refractivity contribution is 5.29. The monoisotopic (exact) mass is 233 g/mol. The fourth-order valence-corrected chi connectivity index (χ4v) is 2.48. The van der Waals surface area contributed by atoms with Crippen LogP contribution < -0.4 is 5.32 Å². The Morgan fingerprint density at radius 3 is 2.88 bits per heavy atom. The van der Waals surface area contributed by atoms with Gasteiger partial charge in [0.25, 0.3) is 0 Å². The topological polar surface area (TPSA) is 12.0 Å². The second-order valence-corrected chi connectivity index (χ2v) is 4.57. The molecule has 0 bridgehead atoms. The van der Waals surface area contributed by atoms with Crippen LogP contribution in [0.3, 0.4) is 0 Å². The first-order chi connectivity index (χ1) is 8.31. The van der Waals surface area contributed by atoms with E-state index in [9.17, 15) is 4.39 Å². The molecule has 0 spiro atoms. The van der Waals surface area contributed by atoms with Gasteiger partial charge in [0.15, 0.2) is 0 Å². The first kappa shape index (κ1) is 12.3. The van der Waals surface area contributed by atoms with Crippen LogP contribution in [-0.4, -0.2) is 6.54 Å². The molecule has 1 aliphatic carbocycles. The Kier molecular flexibility index (Phi) is 4.32. The van der Waals surface area contributed by atoms with E-state index < -0.39 is 0 Å². The molecule has 92 valence electrons. The van der Waals surface area contributed by atoms with Crippen molar-refractivity contribution < 1.29 is 4.39 Å². The summed E-state index contributed by atoms with van der Waals surface area (Å²) in [6, 6.07) is 7.13. The highest BCUT2D eigenvalue weighted by atomic mass is 19.1. The van der Waals surface area contributed by atoms with Crippen LogP contribution in [-0.2, 0) is 0 Å². The molecule has 0 heterocycles. The van der Waals surface area contributed by atoms with Crippen molar-refractivity contribution in [3.8, 4) is 0 Å². The molecule has 0 aliphatic heterocycles. The summed E-state index contributed by atoms with van der Waals surface area (Å²) in [7, 11) is 0. The van der Waals surface area contributed by atoms with E-state index in [0.717, 1.165) is 24.9 Å². The van der Waals surface area contributed by atoms with Gasteiger partial charge in [-0.15, -0.1) is 0 Å². The fraction of sp³-hybridized carbons (Fsp3) is 0.467. The third-order valence-electron chi connectivity index (χ3n) is 3.29. The van der Waals surface area contributed by atoms with Crippen molar-refractivity contribution in [3.05, 3.63) is 47.3 Å². The molecule has 0 radical (unpaired) electrons. The van der Waals surface area contributed by atoms with Gasteiger partial charge in [0.2, 0.25) is 0 Å². The number of benzene rings is 1. The number of likely N-dealkylation sites (N-methyl/N-ethyl adjacent to an activating group) is 1. The molecule has 1 unspecified atom stereocenters. The molecule has 2 rings (SSSR count). The van der Waals surface area contributed by atoms with Crippen LogP contribution >= 0.6 is 0 Å². The summed E-state index contributed by atoms with van der Waals surface area (Å²) in [6.45, 7) is 2.99. The maximum atomic E-state index is 13.3. The molecular formula is C15H20FN. The highest BCUT2D eigenvalue weighted by Gasteiger charge is 2.17. The zero-order valence-corrected chi connectivity index (χ0v) is 10.4. The number of rotatable bonds is 4. The minimum absolute atomic E-state index is 0.151. The van der Waals surface area contributed by atoms with Gasteiger partial charge in [-0.1, -0.05) is 30.7 Å². The summed E-state index contributed by atoms with van der Waals surface area (Å²) in [6.07, 6.45) is 7.15. The molecule has 17 heavy (non-hydrogen) atoms. The first-order valence-electron chi connectivity index (χ1n) is 6.49. The lowest BCUT2D eigenvalue weighted by molar-refractivity contribution is 0.557. The second kappa shape index (κ2) is 5.97. The lowest BCUT2D eigenvalue weighted by atomic mass is 9.90. The fourth-order valence-electron chi connectivity index (χ4n) is 2.48. The Labute approximate surface area is 103 Å². The van der Waals surface area contributed by atoms with Crippen LogP contribution in [0.1, 0.15) is 44.2 Å². The van der Waals surface area contributed by atoms with Crippen molar-refractivity contribution in [1.82, 2.24) is 5.32 Å². The predicted molar refractivity (Wildman–Crippen MR) is 69.4 cm³/mol. The molecule has 1 aromatic rings. The van der Waals surface area contributed by atoms with E-state index in [1.54, 1.807) is 12.1 Å². The molecule has 0 aromatic heterocycles. The van der Waals surface area contributed by atoms with E-state index in [4.69, 9.17) is 0 Å². The minimum Gasteiger partial charge on any atom is -0.307 e. The predicted octanol–water partition coefficient (Wildman–Crippen LogP) is 3.98. The standard InChI is InChI=1S/C15H20FN/c1-2-17-15(12-7-4-3-5-8-12)13-9-6-10-14(16)11-13/h6-7,9-11,15,17H,2-5,8H2,1H3. The zero-order chi connectivity index (χ0) is 12.1. The van der Waals surface area contributed by atoms with Gasteiger partial charge >= 0.3 is 0 Å². The van der Waals surface area contributed by atoms with Crippen LogP contribution in [0.25, 0.3) is 0 Å². The molecule has 0 saturated carbocycles. The molecular weight excluding hydrogens is 213 g/mol. The van der Waals surface area contributed by atoms with Gasteiger partial charge in [-0.3, -0.25) is 0 Å². The average Bonchev–Trinajstić information content (AvgIpc) is 2.37. The minimum atomic E-state index is -0.151. The second-order valence-electron chi connectivity index (χ2n) is 4.57. The Hall–Kier alpha value is -1.15. The first-order valence-corrected chi connectivity index (χ1v) is 6.49. The van der Waals surface area contributed by atoms with Crippen molar-refractivity contribution in [3.63, 3.8) is 0 Å². The van der Waals surface area contributed by atoms with Gasteiger partial charge in [-0.25, -0.2) is 4.39 Å². The zero-order valence-electron chi connectivity index (χ0n) is 10.4. The summed E-state index contributed by atoms with van der Waals surface area (Å²) in [5, 5.41) is 3.46. The molecule has 0 saturated heterocycles. The van der Waals surface area contributed by atoms with Crippen molar-refractivity contribution >= 4 is 0 Å². The molecule has 1 aromatic carbocycles. The Balaban J connectivity index is 2.24. The Morgan fingerprint density at radius 2 is 2.24 bits per heavy atom. The van der Waals surface area contributed by atoms with Crippen molar-refractivity contribution in [2.75, 3.05) is 6.54 Å². The van der Waals surface area contributed by atoms with Gasteiger partial charge in [-0.2, -0.15) is 0 Å². The maximum absolute atomic E-state index is 13.3. The van der Waals surface area contributed by atoms with Gasteiger partial charge in [0.1, 0.15) is 5.82 Å². The smallest absolute Gasteiger partial charge is 0.123 e. The number of halogens is 1. The van der Waals surface area contributed by atoms with E-state index in [2.05, 4.69) is 18.3 Å². The summed E-state index contributed by atoms with van der Waals surface area (Å²) in [4.78, 5) is 0. The Morgan fingerprint density at radius 1 is 1.35 bits per heavy atom. The van der Waals surface area contributed by atoms with Gasteiger partial charge in [-0.05, 0) is 49.9 Å². The largest absolute Gasteiger partial charge is 0.307 e. The maximum Gasteiger partial charge on any atom is 0.123 e. The molecule has 1 atom stereocenters. The quantitative estimate of drug-likeness (QED) is 0.776. The molecule has 1 aliphatic rings. The van der Waals surface area contributed by atoms with Crippen LogP contribution in [0.5, 0.6) is 0 Å². The number of nitrogens with one attached hydrogen (secondary N) is 1. The SMILES string of the molecule is CCNC(C1=CCCCC1)c1cccc(F)c1. The average molecular weight is 233 g/mol. The van der Waals surface area contributed by atoms with Crippen molar-refractivity contribution in [2.24, 2.45) is 0 Å². The lowest BCUT2D eigenvalue weighted by Crippen LogP contribution is -2.23. The number of hydrogen-bond acceptors (Lipinski definition) is 1. The molecule has 2 heteroatoms. The van der Waals surface area contributed by atoms with E-state index >= 15 is 0 Å². The normalized spacial score (nSPS) is 17.6. The third-order valence-corrected chi connectivity index (χ3v) is 3.29. The van der Waals surface area contributed by atoms with E-state index in [1.807, 2.05) is 6.07 Å². The van der Waals surface area contributed by atoms with Crippen LogP contribution in [0.4, 0.5) is 4.39 Å². The van der Waals surface area contributed by atoms with Gasteiger partial charge < -0.3 is 5.32 Å². The van der Waals surface area contributed by atoms with E-state index in [0.29, 0.717) is 0 Å². The summed E-state index contributed by atoms with van der Waals surface area (Å²) in [5.41, 5.74) is 2.46. The molecule has 1 N–H and O–H groups in total. The van der Waals surface area contributed by atoms with Crippen LogP contribution in [0, 0.1) is 5.82 Å². The van der Waals surface area contributed by atoms with Crippen molar-refractivity contribution in [2.45, 2.75) is 38.6 Å². The summed E-state index contributed by atoms with van der Waals surface area (Å²) >= 11 is 0. The molecule has 0 amide bonds. The Bertz CT molecular complexity index is 398. The molecule has 0 fully saturated rings. The highest BCUT2D eigenvalue weighted by Crippen LogP contribution is 2.29. The third kappa shape index (κ3) is 3.16. The summed E-state index contributed by atoms with van der Waals surface area (Å²) in [5.74, 6) is -0.151. The van der Waals surface area contributed by atoms with E-state index in [1.165, 1.54) is 24.5 Å². The summed E-state index contributed by atoms with van der Waals surface area (Å²) < 4.78 is 13.3. The van der Waals surface area contributed by atoms with Crippen LogP contribution in [0.15, 0.2) is 35.9 Å².